The Morgan fingerprint density at radius 2 is 1.93 bits per heavy atom. The van der Waals surface area contributed by atoms with E-state index in [1.807, 2.05) is 0 Å². The van der Waals surface area contributed by atoms with E-state index in [2.05, 4.69) is 23.9 Å². The van der Waals surface area contributed by atoms with Crippen molar-refractivity contribution in [3.8, 4) is 11.5 Å². The van der Waals surface area contributed by atoms with Gasteiger partial charge in [0.15, 0.2) is 17.3 Å². The van der Waals surface area contributed by atoms with Crippen molar-refractivity contribution in [2.24, 2.45) is 16.0 Å². The molecule has 0 radical (unpaired) electrons. The van der Waals surface area contributed by atoms with Crippen molar-refractivity contribution in [1.29, 1.82) is 5.41 Å². The Labute approximate surface area is 162 Å². The molecule has 1 aromatic carbocycles. The van der Waals surface area contributed by atoms with E-state index in [0.717, 1.165) is 23.4 Å². The molecule has 2 heterocycles. The van der Waals surface area contributed by atoms with Crippen LogP contribution in [-0.2, 0) is 4.79 Å². The van der Waals surface area contributed by atoms with Crippen LogP contribution in [-0.4, -0.2) is 41.2 Å². The minimum absolute atomic E-state index is 0.0354. The number of nitrogens with zero attached hydrogens (tertiary/aromatic N) is 3. The molecule has 0 saturated heterocycles. The molecule has 2 aliphatic heterocycles. The van der Waals surface area contributed by atoms with Crippen molar-refractivity contribution >= 4 is 39.8 Å². The van der Waals surface area contributed by atoms with Crippen LogP contribution in [0.2, 0.25) is 0 Å². The van der Waals surface area contributed by atoms with Gasteiger partial charge in [-0.3, -0.25) is 10.2 Å². The van der Waals surface area contributed by atoms with Gasteiger partial charge in [-0.2, -0.15) is 15.1 Å². The predicted molar refractivity (Wildman–Crippen MR) is 109 cm³/mol. The van der Waals surface area contributed by atoms with Crippen LogP contribution in [0.15, 0.2) is 33.9 Å². The molecule has 0 fully saturated rings. The van der Waals surface area contributed by atoms with E-state index >= 15 is 0 Å². The van der Waals surface area contributed by atoms with Crippen LogP contribution in [0, 0.1) is 11.3 Å². The third-order valence-electron chi connectivity index (χ3n) is 4.52. The number of rotatable bonds is 6. The highest BCUT2D eigenvalue weighted by atomic mass is 32.2. The van der Waals surface area contributed by atoms with Crippen molar-refractivity contribution in [2.45, 2.75) is 26.7 Å². The quantitative estimate of drug-likeness (QED) is 0.752. The fourth-order valence-electron chi connectivity index (χ4n) is 2.92. The lowest BCUT2D eigenvalue weighted by molar-refractivity contribution is -0.114. The van der Waals surface area contributed by atoms with Crippen LogP contribution in [0.3, 0.4) is 0 Å². The van der Waals surface area contributed by atoms with Gasteiger partial charge in [0.2, 0.25) is 5.17 Å². The normalized spacial score (nSPS) is 18.0. The van der Waals surface area contributed by atoms with Crippen molar-refractivity contribution < 1.29 is 14.3 Å². The van der Waals surface area contributed by atoms with Gasteiger partial charge in [0.1, 0.15) is 5.04 Å². The topological polar surface area (TPSA) is 87.3 Å². The zero-order valence-electron chi connectivity index (χ0n) is 15.8. The minimum Gasteiger partial charge on any atom is -0.493 e. The van der Waals surface area contributed by atoms with Crippen LogP contribution in [0.4, 0.5) is 0 Å². The summed E-state index contributed by atoms with van der Waals surface area (Å²) < 4.78 is 10.5. The van der Waals surface area contributed by atoms with Gasteiger partial charge < -0.3 is 9.47 Å². The maximum atomic E-state index is 12.5. The molecule has 0 atom stereocenters. The molecule has 27 heavy (non-hydrogen) atoms. The molecule has 8 heteroatoms. The second-order valence-electron chi connectivity index (χ2n) is 6.09. The summed E-state index contributed by atoms with van der Waals surface area (Å²) in [7, 11) is 3.11. The van der Waals surface area contributed by atoms with Gasteiger partial charge >= 0.3 is 0 Å². The van der Waals surface area contributed by atoms with Gasteiger partial charge in [0, 0.05) is 5.92 Å². The van der Waals surface area contributed by atoms with Gasteiger partial charge in [-0.25, -0.2) is 0 Å². The SMILES string of the molecule is CCC(CC)C1=NN2C(=N)/C(=C\c3ccc(OC)c(OC)c3)C(=O)N=C2S1. The summed E-state index contributed by atoms with van der Waals surface area (Å²) in [5.74, 6) is 1.06. The number of fused-ring (bicyclic) bond motifs is 1. The molecule has 3 rings (SSSR count). The van der Waals surface area contributed by atoms with E-state index in [9.17, 15) is 4.79 Å². The molecule has 1 N–H and O–H groups in total. The van der Waals surface area contributed by atoms with Gasteiger partial charge in [-0.15, -0.1) is 0 Å². The third kappa shape index (κ3) is 3.62. The van der Waals surface area contributed by atoms with Gasteiger partial charge in [-0.1, -0.05) is 19.9 Å². The molecular weight excluding hydrogens is 364 g/mol. The molecule has 0 aliphatic carbocycles. The fourth-order valence-corrected chi connectivity index (χ4v) is 4.08. The van der Waals surface area contributed by atoms with E-state index in [-0.39, 0.29) is 11.4 Å². The summed E-state index contributed by atoms with van der Waals surface area (Å²) >= 11 is 1.38. The van der Waals surface area contributed by atoms with Crippen molar-refractivity contribution in [2.75, 3.05) is 14.2 Å². The summed E-state index contributed by atoms with van der Waals surface area (Å²) in [6, 6.07) is 5.31. The number of carbonyl (C=O) groups excluding carboxylic acids is 1. The number of aliphatic imine (C=N–C) groups is 1. The number of hydrazone groups is 1. The van der Waals surface area contributed by atoms with Crippen LogP contribution in [0.25, 0.3) is 6.08 Å². The van der Waals surface area contributed by atoms with E-state index in [0.29, 0.717) is 22.6 Å². The predicted octanol–water partition coefficient (Wildman–Crippen LogP) is 3.76. The molecule has 2 aliphatic rings. The molecule has 0 spiro atoms. The highest BCUT2D eigenvalue weighted by Gasteiger charge is 2.37. The number of hydrogen-bond acceptors (Lipinski definition) is 6. The summed E-state index contributed by atoms with van der Waals surface area (Å²) in [5, 5.41) is 15.8. The van der Waals surface area contributed by atoms with Gasteiger partial charge in [0.05, 0.1) is 19.8 Å². The first-order chi connectivity index (χ1) is 13.0. The molecule has 1 amide bonds. The number of ether oxygens (including phenoxy) is 2. The summed E-state index contributed by atoms with van der Waals surface area (Å²) in [6.45, 7) is 4.21. The van der Waals surface area contributed by atoms with Crippen LogP contribution >= 0.6 is 11.8 Å². The highest BCUT2D eigenvalue weighted by molar-refractivity contribution is 8.27. The van der Waals surface area contributed by atoms with E-state index < -0.39 is 5.91 Å². The first kappa shape index (κ1) is 19.2. The molecule has 7 nitrogen and oxygen atoms in total. The van der Waals surface area contributed by atoms with Crippen LogP contribution in [0.5, 0.6) is 11.5 Å². The summed E-state index contributed by atoms with van der Waals surface area (Å²) in [6.07, 6.45) is 3.54. The van der Waals surface area contributed by atoms with E-state index in [1.54, 1.807) is 38.5 Å². The molecule has 1 aromatic rings. The maximum absolute atomic E-state index is 12.5. The van der Waals surface area contributed by atoms with Crippen molar-refractivity contribution in [3.05, 3.63) is 29.3 Å². The average Bonchev–Trinajstić information content (AvgIpc) is 3.09. The highest BCUT2D eigenvalue weighted by Crippen LogP contribution is 2.33. The second-order valence-corrected chi connectivity index (χ2v) is 7.07. The Balaban J connectivity index is 1.94. The summed E-state index contributed by atoms with van der Waals surface area (Å²) in [4.78, 5) is 16.6. The lowest BCUT2D eigenvalue weighted by Crippen LogP contribution is -2.35. The minimum atomic E-state index is -0.436. The Hall–Kier alpha value is -2.61. The number of benzene rings is 1. The van der Waals surface area contributed by atoms with E-state index in [1.165, 1.54) is 16.8 Å². The van der Waals surface area contributed by atoms with Gasteiger partial charge in [0.25, 0.3) is 5.91 Å². The number of methoxy groups -OCH3 is 2. The Kier molecular flexibility index (Phi) is 5.65. The largest absolute Gasteiger partial charge is 0.493 e. The number of carbonyl (C=O) groups is 1. The third-order valence-corrected chi connectivity index (χ3v) is 5.59. The number of amidine groups is 2. The maximum Gasteiger partial charge on any atom is 0.283 e. The Morgan fingerprint density at radius 1 is 1.22 bits per heavy atom. The monoisotopic (exact) mass is 386 g/mol. The van der Waals surface area contributed by atoms with Gasteiger partial charge in [-0.05, 0) is 48.4 Å². The first-order valence-corrected chi connectivity index (χ1v) is 9.56. The Morgan fingerprint density at radius 3 is 2.56 bits per heavy atom. The zero-order valence-corrected chi connectivity index (χ0v) is 16.6. The lowest BCUT2D eigenvalue weighted by atomic mass is 10.1. The number of amides is 1. The average molecular weight is 386 g/mol. The number of thioether (sulfide) groups is 1. The summed E-state index contributed by atoms with van der Waals surface area (Å²) in [5.41, 5.74) is 0.913. The fraction of sp³-hybridized carbons (Fsp3) is 0.368. The molecule has 142 valence electrons. The molecule has 0 saturated carbocycles. The Bertz CT molecular complexity index is 872. The zero-order chi connectivity index (χ0) is 19.6. The molecule has 0 aromatic heterocycles. The number of nitrogens with one attached hydrogen (secondary N) is 1. The lowest BCUT2D eigenvalue weighted by Gasteiger charge is -2.20. The first-order valence-electron chi connectivity index (χ1n) is 8.74. The molecular formula is C19H22N4O3S. The standard InChI is InChI=1S/C19H22N4O3S/c1-5-12(6-2)18-22-23-16(20)13(17(24)21-19(23)27-18)9-11-7-8-14(25-3)15(10-11)26-4/h7-10,12,20H,5-6H2,1-4H3/b13-9+,20-16?. The molecule has 0 bridgehead atoms. The second kappa shape index (κ2) is 7.96. The van der Waals surface area contributed by atoms with Crippen molar-refractivity contribution in [1.82, 2.24) is 5.01 Å². The number of hydrogen-bond donors (Lipinski definition) is 1. The molecule has 0 unspecified atom stereocenters. The smallest absolute Gasteiger partial charge is 0.283 e. The van der Waals surface area contributed by atoms with Crippen LogP contribution in [0.1, 0.15) is 32.3 Å². The van der Waals surface area contributed by atoms with Crippen molar-refractivity contribution in [3.63, 3.8) is 0 Å². The van der Waals surface area contributed by atoms with E-state index in [4.69, 9.17) is 14.9 Å². The van der Waals surface area contributed by atoms with Crippen LogP contribution < -0.4 is 9.47 Å².